The highest BCUT2D eigenvalue weighted by Crippen LogP contribution is 2.27. The summed E-state index contributed by atoms with van der Waals surface area (Å²) in [4.78, 5) is 38.4. The standard InChI is InChI=1S/C22H23N5O3/c1-15-9-10-18(13-23-15)21(28)26-11-6-12-27(22(29)17-7-4-3-5-8-17)19(14-26)20-24-16(2)25-30-20/h3-5,7-10,13,19H,6,11-12,14H2,1-2H3. The first-order chi connectivity index (χ1) is 14.5. The molecule has 0 spiro atoms. The maximum atomic E-state index is 13.2. The van der Waals surface area contributed by atoms with E-state index in [1.165, 1.54) is 0 Å². The molecule has 30 heavy (non-hydrogen) atoms. The molecule has 154 valence electrons. The summed E-state index contributed by atoms with van der Waals surface area (Å²) in [6, 6.07) is 12.2. The number of hydrogen-bond donors (Lipinski definition) is 0. The number of hydrogen-bond acceptors (Lipinski definition) is 6. The summed E-state index contributed by atoms with van der Waals surface area (Å²) < 4.78 is 5.42. The van der Waals surface area contributed by atoms with E-state index in [9.17, 15) is 9.59 Å². The smallest absolute Gasteiger partial charge is 0.255 e. The van der Waals surface area contributed by atoms with Crippen molar-refractivity contribution >= 4 is 11.8 Å². The van der Waals surface area contributed by atoms with Gasteiger partial charge in [-0.3, -0.25) is 14.6 Å². The number of aryl methyl sites for hydroxylation is 2. The largest absolute Gasteiger partial charge is 0.337 e. The fourth-order valence-electron chi connectivity index (χ4n) is 3.60. The minimum atomic E-state index is -0.524. The van der Waals surface area contributed by atoms with Crippen LogP contribution in [0.25, 0.3) is 0 Å². The lowest BCUT2D eigenvalue weighted by Crippen LogP contribution is -2.40. The first-order valence-electron chi connectivity index (χ1n) is 9.91. The summed E-state index contributed by atoms with van der Waals surface area (Å²) in [5.41, 5.74) is 1.95. The molecule has 1 aliphatic heterocycles. The molecule has 3 heterocycles. The van der Waals surface area contributed by atoms with Crippen molar-refractivity contribution < 1.29 is 14.1 Å². The van der Waals surface area contributed by atoms with Crippen LogP contribution in [0, 0.1) is 13.8 Å². The van der Waals surface area contributed by atoms with Gasteiger partial charge in [-0.2, -0.15) is 4.98 Å². The minimum Gasteiger partial charge on any atom is -0.337 e. The van der Waals surface area contributed by atoms with E-state index in [2.05, 4.69) is 15.1 Å². The van der Waals surface area contributed by atoms with E-state index in [1.807, 2.05) is 31.2 Å². The first-order valence-corrected chi connectivity index (χ1v) is 9.91. The average molecular weight is 405 g/mol. The second-order valence-corrected chi connectivity index (χ2v) is 7.35. The third-order valence-electron chi connectivity index (χ3n) is 5.15. The van der Waals surface area contributed by atoms with Gasteiger partial charge in [-0.15, -0.1) is 0 Å². The van der Waals surface area contributed by atoms with Crippen molar-refractivity contribution in [3.63, 3.8) is 0 Å². The van der Waals surface area contributed by atoms with Gasteiger partial charge in [0.25, 0.3) is 17.7 Å². The van der Waals surface area contributed by atoms with Crippen LogP contribution in [0.4, 0.5) is 0 Å². The number of pyridine rings is 1. The zero-order chi connectivity index (χ0) is 21.1. The summed E-state index contributed by atoms with van der Waals surface area (Å²) >= 11 is 0. The zero-order valence-electron chi connectivity index (χ0n) is 17.0. The van der Waals surface area contributed by atoms with E-state index in [1.54, 1.807) is 41.1 Å². The Kier molecular flexibility index (Phi) is 5.56. The minimum absolute atomic E-state index is 0.122. The lowest BCUT2D eigenvalue weighted by atomic mass is 10.1. The number of nitrogens with zero attached hydrogens (tertiary/aromatic N) is 5. The van der Waals surface area contributed by atoms with E-state index in [0.29, 0.717) is 42.4 Å². The van der Waals surface area contributed by atoms with E-state index in [4.69, 9.17) is 4.52 Å². The summed E-state index contributed by atoms with van der Waals surface area (Å²) in [7, 11) is 0. The number of amides is 2. The van der Waals surface area contributed by atoms with Gasteiger partial charge in [0.05, 0.1) is 12.1 Å². The highest BCUT2D eigenvalue weighted by atomic mass is 16.5. The normalized spacial score (nSPS) is 16.9. The predicted molar refractivity (Wildman–Crippen MR) is 109 cm³/mol. The molecule has 0 saturated carbocycles. The summed E-state index contributed by atoms with van der Waals surface area (Å²) in [6.07, 6.45) is 2.23. The lowest BCUT2D eigenvalue weighted by molar-refractivity contribution is 0.0592. The van der Waals surface area contributed by atoms with Crippen LogP contribution in [0.2, 0.25) is 0 Å². The SMILES string of the molecule is Cc1ccc(C(=O)N2CCCN(C(=O)c3ccccc3)C(c3nc(C)no3)C2)cn1. The highest BCUT2D eigenvalue weighted by molar-refractivity contribution is 5.95. The monoisotopic (exact) mass is 405 g/mol. The fraction of sp³-hybridized carbons (Fsp3) is 0.318. The van der Waals surface area contributed by atoms with Gasteiger partial charge in [0.15, 0.2) is 5.82 Å². The molecule has 1 fully saturated rings. The van der Waals surface area contributed by atoms with Gasteiger partial charge in [-0.25, -0.2) is 0 Å². The Morgan fingerprint density at radius 1 is 1.00 bits per heavy atom. The van der Waals surface area contributed by atoms with Crippen LogP contribution in [0.1, 0.15) is 50.6 Å². The topological polar surface area (TPSA) is 92.4 Å². The van der Waals surface area contributed by atoms with Crippen molar-refractivity contribution in [3.8, 4) is 0 Å². The average Bonchev–Trinajstić information content (AvgIpc) is 3.07. The third kappa shape index (κ3) is 4.07. The maximum absolute atomic E-state index is 13.2. The van der Waals surface area contributed by atoms with Crippen LogP contribution in [-0.2, 0) is 0 Å². The second-order valence-electron chi connectivity index (χ2n) is 7.35. The highest BCUT2D eigenvalue weighted by Gasteiger charge is 2.35. The molecule has 3 aromatic rings. The van der Waals surface area contributed by atoms with Gasteiger partial charge in [0.2, 0.25) is 0 Å². The van der Waals surface area contributed by atoms with Gasteiger partial charge in [-0.1, -0.05) is 23.4 Å². The molecular weight excluding hydrogens is 382 g/mol. The summed E-state index contributed by atoms with van der Waals surface area (Å²) in [6.45, 7) is 4.88. The van der Waals surface area contributed by atoms with Crippen molar-refractivity contribution in [2.24, 2.45) is 0 Å². The Balaban J connectivity index is 1.65. The van der Waals surface area contributed by atoms with Gasteiger partial charge < -0.3 is 14.3 Å². The number of rotatable bonds is 3. The molecule has 0 aliphatic carbocycles. The van der Waals surface area contributed by atoms with Crippen molar-refractivity contribution in [1.82, 2.24) is 24.9 Å². The first kappa shape index (κ1) is 19.8. The molecule has 0 N–H and O–H groups in total. The number of aromatic nitrogens is 3. The molecule has 8 heteroatoms. The van der Waals surface area contributed by atoms with E-state index < -0.39 is 6.04 Å². The molecule has 2 amide bonds. The van der Waals surface area contributed by atoms with Crippen molar-refractivity contribution in [3.05, 3.63) is 77.2 Å². The van der Waals surface area contributed by atoms with Crippen LogP contribution < -0.4 is 0 Å². The van der Waals surface area contributed by atoms with Crippen molar-refractivity contribution in [1.29, 1.82) is 0 Å². The Labute approximate surface area is 174 Å². The van der Waals surface area contributed by atoms with E-state index in [-0.39, 0.29) is 18.4 Å². The van der Waals surface area contributed by atoms with Gasteiger partial charge >= 0.3 is 0 Å². The Morgan fingerprint density at radius 2 is 1.80 bits per heavy atom. The Morgan fingerprint density at radius 3 is 2.47 bits per heavy atom. The predicted octanol–water partition coefficient (Wildman–Crippen LogP) is 2.81. The molecule has 1 aliphatic rings. The van der Waals surface area contributed by atoms with Gasteiger partial charge in [0.1, 0.15) is 6.04 Å². The number of carbonyl (C=O) groups excluding carboxylic acids is 2. The van der Waals surface area contributed by atoms with Crippen LogP contribution in [-0.4, -0.2) is 56.4 Å². The lowest BCUT2D eigenvalue weighted by Gasteiger charge is -2.29. The molecule has 1 aromatic carbocycles. The third-order valence-corrected chi connectivity index (χ3v) is 5.15. The van der Waals surface area contributed by atoms with Crippen LogP contribution in [0.3, 0.4) is 0 Å². The molecule has 8 nitrogen and oxygen atoms in total. The molecule has 1 saturated heterocycles. The number of benzene rings is 1. The van der Waals surface area contributed by atoms with Gasteiger partial charge in [0, 0.05) is 30.5 Å². The molecule has 0 bridgehead atoms. The second kappa shape index (κ2) is 8.44. The fourth-order valence-corrected chi connectivity index (χ4v) is 3.60. The molecule has 1 atom stereocenters. The molecule has 1 unspecified atom stereocenters. The van der Waals surface area contributed by atoms with Gasteiger partial charge in [-0.05, 0) is 44.5 Å². The summed E-state index contributed by atoms with van der Waals surface area (Å²) in [5.74, 6) is 0.570. The Hall–Kier alpha value is -3.55. The maximum Gasteiger partial charge on any atom is 0.255 e. The van der Waals surface area contributed by atoms with E-state index >= 15 is 0 Å². The molecule has 0 radical (unpaired) electrons. The van der Waals surface area contributed by atoms with Crippen LogP contribution >= 0.6 is 0 Å². The molecule has 4 rings (SSSR count). The van der Waals surface area contributed by atoms with E-state index in [0.717, 1.165) is 5.69 Å². The van der Waals surface area contributed by atoms with Crippen molar-refractivity contribution in [2.75, 3.05) is 19.6 Å². The molecule has 2 aromatic heterocycles. The van der Waals surface area contributed by atoms with Crippen LogP contribution in [0.5, 0.6) is 0 Å². The summed E-state index contributed by atoms with van der Waals surface area (Å²) in [5, 5.41) is 3.89. The quantitative estimate of drug-likeness (QED) is 0.665. The molecular formula is C22H23N5O3. The number of carbonyl (C=O) groups is 2. The zero-order valence-corrected chi connectivity index (χ0v) is 17.0. The van der Waals surface area contributed by atoms with Crippen LogP contribution in [0.15, 0.2) is 53.2 Å². The van der Waals surface area contributed by atoms with Crippen molar-refractivity contribution in [2.45, 2.75) is 26.3 Å². The Bertz CT molecular complexity index is 1030.